The molecule has 0 aliphatic carbocycles. The van der Waals surface area contributed by atoms with Crippen LogP contribution in [0.4, 0.5) is 17.6 Å². The van der Waals surface area contributed by atoms with Crippen LogP contribution in [0.25, 0.3) is 0 Å². The van der Waals surface area contributed by atoms with Crippen molar-refractivity contribution in [2.24, 2.45) is 0 Å². The standard InChI is InChI=1S/C10H16F4N2O/c1-16-5-3-2-4-7(16)6-15-9(17)10(13,14)8(11)12/h7-8H,2-6H2,1H3,(H,15,17). The summed E-state index contributed by atoms with van der Waals surface area (Å²) < 4.78 is 49.0. The number of carbonyl (C=O) groups excluding carboxylic acids is 1. The average molecular weight is 256 g/mol. The molecule has 0 spiro atoms. The molecular formula is C10H16F4N2O. The SMILES string of the molecule is CN1CCCCC1CNC(=O)C(F)(F)C(F)F. The Bertz CT molecular complexity index is 273. The van der Waals surface area contributed by atoms with E-state index in [0.29, 0.717) is 0 Å². The minimum absolute atomic E-state index is 0.0162. The van der Waals surface area contributed by atoms with Crippen molar-refractivity contribution in [2.75, 3.05) is 20.1 Å². The molecule has 1 saturated heterocycles. The summed E-state index contributed by atoms with van der Waals surface area (Å²) in [5, 5.41) is 1.89. The van der Waals surface area contributed by atoms with Crippen LogP contribution in [0.3, 0.4) is 0 Å². The van der Waals surface area contributed by atoms with Gasteiger partial charge in [0.1, 0.15) is 0 Å². The van der Waals surface area contributed by atoms with Crippen molar-refractivity contribution in [3.8, 4) is 0 Å². The second-order valence-corrected chi connectivity index (χ2v) is 4.26. The van der Waals surface area contributed by atoms with Crippen LogP contribution in [0.5, 0.6) is 0 Å². The van der Waals surface area contributed by atoms with Crippen LogP contribution in [0.2, 0.25) is 0 Å². The molecule has 100 valence electrons. The first-order chi connectivity index (χ1) is 7.85. The maximum Gasteiger partial charge on any atom is 0.383 e. The van der Waals surface area contributed by atoms with Crippen LogP contribution in [0.15, 0.2) is 0 Å². The Morgan fingerprint density at radius 1 is 1.47 bits per heavy atom. The van der Waals surface area contributed by atoms with Gasteiger partial charge in [0.15, 0.2) is 0 Å². The van der Waals surface area contributed by atoms with Gasteiger partial charge in [0.2, 0.25) is 0 Å². The lowest BCUT2D eigenvalue weighted by Gasteiger charge is -2.32. The van der Waals surface area contributed by atoms with Crippen molar-refractivity contribution < 1.29 is 22.4 Å². The largest absolute Gasteiger partial charge is 0.383 e. The molecule has 1 heterocycles. The number of rotatable bonds is 4. The first kappa shape index (κ1) is 14.2. The van der Waals surface area contributed by atoms with Crippen molar-refractivity contribution in [3.63, 3.8) is 0 Å². The molecule has 1 aliphatic rings. The van der Waals surface area contributed by atoms with Crippen LogP contribution < -0.4 is 5.32 Å². The van der Waals surface area contributed by atoms with E-state index in [1.54, 1.807) is 0 Å². The minimum Gasteiger partial charge on any atom is -0.349 e. The van der Waals surface area contributed by atoms with Gasteiger partial charge in [-0.15, -0.1) is 0 Å². The zero-order chi connectivity index (χ0) is 13.1. The Labute approximate surface area is 97.2 Å². The number of hydrogen-bond donors (Lipinski definition) is 1. The fraction of sp³-hybridized carbons (Fsp3) is 0.900. The summed E-state index contributed by atoms with van der Waals surface area (Å²) in [7, 11) is 1.82. The molecular weight excluding hydrogens is 240 g/mol. The molecule has 1 unspecified atom stereocenters. The monoisotopic (exact) mass is 256 g/mol. The molecule has 1 fully saturated rings. The highest BCUT2D eigenvalue weighted by molar-refractivity contribution is 5.83. The molecule has 0 radical (unpaired) electrons. The van der Waals surface area contributed by atoms with E-state index in [0.717, 1.165) is 25.8 Å². The highest BCUT2D eigenvalue weighted by atomic mass is 19.3. The minimum atomic E-state index is -4.60. The second-order valence-electron chi connectivity index (χ2n) is 4.26. The highest BCUT2D eigenvalue weighted by Gasteiger charge is 2.48. The summed E-state index contributed by atoms with van der Waals surface area (Å²) in [6.45, 7) is 0.809. The average Bonchev–Trinajstić information content (AvgIpc) is 2.27. The van der Waals surface area contributed by atoms with Gasteiger partial charge in [-0.2, -0.15) is 8.78 Å². The number of piperidine rings is 1. The molecule has 1 atom stereocenters. The topological polar surface area (TPSA) is 32.3 Å². The molecule has 0 aromatic carbocycles. The molecule has 1 aliphatic heterocycles. The Balaban J connectivity index is 2.42. The third-order valence-corrected chi connectivity index (χ3v) is 3.00. The van der Waals surface area contributed by atoms with Gasteiger partial charge in [-0.05, 0) is 26.4 Å². The van der Waals surface area contributed by atoms with Gasteiger partial charge in [-0.1, -0.05) is 6.42 Å². The van der Waals surface area contributed by atoms with E-state index < -0.39 is 18.3 Å². The van der Waals surface area contributed by atoms with Crippen LogP contribution in [0.1, 0.15) is 19.3 Å². The summed E-state index contributed by atoms with van der Waals surface area (Å²) >= 11 is 0. The van der Waals surface area contributed by atoms with Crippen molar-refractivity contribution in [3.05, 3.63) is 0 Å². The quantitative estimate of drug-likeness (QED) is 0.773. The van der Waals surface area contributed by atoms with E-state index in [2.05, 4.69) is 0 Å². The maximum atomic E-state index is 12.6. The van der Waals surface area contributed by atoms with Gasteiger partial charge in [0.25, 0.3) is 5.91 Å². The van der Waals surface area contributed by atoms with Gasteiger partial charge in [-0.3, -0.25) is 4.79 Å². The summed E-state index contributed by atoms with van der Waals surface area (Å²) in [6, 6.07) is -0.0545. The fourth-order valence-corrected chi connectivity index (χ4v) is 1.83. The van der Waals surface area contributed by atoms with Gasteiger partial charge in [0.05, 0.1) is 0 Å². The molecule has 17 heavy (non-hydrogen) atoms. The lowest BCUT2D eigenvalue weighted by Crippen LogP contribution is -2.50. The predicted octanol–water partition coefficient (Wildman–Crippen LogP) is 1.49. The third kappa shape index (κ3) is 3.55. The predicted molar refractivity (Wildman–Crippen MR) is 54.2 cm³/mol. The number of likely N-dealkylation sites (N-methyl/N-ethyl adjacent to an activating group) is 1. The molecule has 3 nitrogen and oxygen atoms in total. The van der Waals surface area contributed by atoms with Gasteiger partial charge < -0.3 is 10.2 Å². The number of nitrogens with one attached hydrogen (secondary N) is 1. The van der Waals surface area contributed by atoms with Gasteiger partial charge >= 0.3 is 12.3 Å². The number of likely N-dealkylation sites (tertiary alicyclic amines) is 1. The summed E-state index contributed by atoms with van der Waals surface area (Å²) in [6.07, 6.45) is -1.21. The molecule has 1 amide bonds. The lowest BCUT2D eigenvalue weighted by molar-refractivity contribution is -0.169. The fourth-order valence-electron chi connectivity index (χ4n) is 1.83. The first-order valence-electron chi connectivity index (χ1n) is 5.50. The smallest absolute Gasteiger partial charge is 0.349 e. The van der Waals surface area contributed by atoms with Crippen molar-refractivity contribution >= 4 is 5.91 Å². The number of carbonyl (C=O) groups is 1. The van der Waals surface area contributed by atoms with Crippen LogP contribution in [-0.2, 0) is 4.79 Å². The molecule has 0 bridgehead atoms. The zero-order valence-corrected chi connectivity index (χ0v) is 9.56. The van der Waals surface area contributed by atoms with Crippen LogP contribution in [0, 0.1) is 0 Å². The van der Waals surface area contributed by atoms with Crippen LogP contribution >= 0.6 is 0 Å². The zero-order valence-electron chi connectivity index (χ0n) is 9.56. The van der Waals surface area contributed by atoms with E-state index in [-0.39, 0.29) is 12.6 Å². The van der Waals surface area contributed by atoms with Gasteiger partial charge in [-0.25, -0.2) is 8.78 Å². The number of alkyl halides is 4. The van der Waals surface area contributed by atoms with Gasteiger partial charge in [0, 0.05) is 12.6 Å². The van der Waals surface area contributed by atoms with E-state index in [4.69, 9.17) is 0 Å². The Kier molecular flexibility index (Phi) is 4.73. The Hall–Kier alpha value is -0.850. The molecule has 1 N–H and O–H groups in total. The van der Waals surface area contributed by atoms with Crippen LogP contribution in [-0.4, -0.2) is 49.3 Å². The molecule has 0 aromatic rings. The number of nitrogens with zero attached hydrogens (tertiary/aromatic N) is 1. The highest BCUT2D eigenvalue weighted by Crippen LogP contribution is 2.23. The normalized spacial score (nSPS) is 22.8. The van der Waals surface area contributed by atoms with E-state index in [1.165, 1.54) is 0 Å². The molecule has 7 heteroatoms. The maximum absolute atomic E-state index is 12.6. The summed E-state index contributed by atoms with van der Waals surface area (Å²) in [5.74, 6) is -6.50. The Morgan fingerprint density at radius 3 is 2.65 bits per heavy atom. The lowest BCUT2D eigenvalue weighted by atomic mass is 10.0. The summed E-state index contributed by atoms with van der Waals surface area (Å²) in [5.41, 5.74) is 0. The van der Waals surface area contributed by atoms with Crippen molar-refractivity contribution in [1.29, 1.82) is 0 Å². The van der Waals surface area contributed by atoms with E-state index in [9.17, 15) is 22.4 Å². The van der Waals surface area contributed by atoms with Crippen molar-refractivity contribution in [1.82, 2.24) is 10.2 Å². The number of hydrogen-bond acceptors (Lipinski definition) is 2. The second kappa shape index (κ2) is 5.66. The Morgan fingerprint density at radius 2 is 2.12 bits per heavy atom. The number of halogens is 4. The molecule has 0 aromatic heterocycles. The summed E-state index contributed by atoms with van der Waals surface area (Å²) in [4.78, 5) is 12.8. The molecule has 0 saturated carbocycles. The molecule has 1 rings (SSSR count). The van der Waals surface area contributed by atoms with E-state index in [1.807, 2.05) is 17.3 Å². The first-order valence-corrected chi connectivity index (χ1v) is 5.50. The van der Waals surface area contributed by atoms with E-state index >= 15 is 0 Å². The number of amides is 1. The van der Waals surface area contributed by atoms with Crippen molar-refractivity contribution in [2.45, 2.75) is 37.7 Å². The third-order valence-electron chi connectivity index (χ3n) is 3.00.